The molecule has 3 rings (SSSR count). The molecule has 0 amide bonds. The molecule has 0 radical (unpaired) electrons. The van der Waals surface area contributed by atoms with Gasteiger partial charge in [-0.3, -0.25) is 9.98 Å². The van der Waals surface area contributed by atoms with Gasteiger partial charge in [-0.2, -0.15) is 0 Å². The minimum atomic E-state index is 0. The summed E-state index contributed by atoms with van der Waals surface area (Å²) in [5.41, 5.74) is 9.16. The largest absolute Gasteiger partial charge is 0.251 e. The predicted molar refractivity (Wildman–Crippen MR) is 129 cm³/mol. The normalized spacial score (nSPS) is 12.5. The van der Waals surface area contributed by atoms with Crippen LogP contribution in [0, 0.1) is 13.8 Å². The quantitative estimate of drug-likeness (QED) is 0.302. The van der Waals surface area contributed by atoms with Crippen LogP contribution in [0.5, 0.6) is 0 Å². The van der Waals surface area contributed by atoms with Gasteiger partial charge in [-0.05, 0) is 80.1 Å². The van der Waals surface area contributed by atoms with Crippen molar-refractivity contribution in [2.75, 3.05) is 0 Å². The molecule has 4 heteroatoms. The Balaban J connectivity index is 0.00000341. The molecule has 1 aromatic heterocycles. The Labute approximate surface area is 197 Å². The smallest absolute Gasteiger partial charge is 0.0849 e. The van der Waals surface area contributed by atoms with Crippen LogP contribution >= 0.6 is 0 Å². The van der Waals surface area contributed by atoms with Crippen LogP contribution in [0.4, 0.5) is 11.4 Å². The summed E-state index contributed by atoms with van der Waals surface area (Å²) in [6.45, 7) is 14.8. The van der Waals surface area contributed by atoms with E-state index in [1.54, 1.807) is 0 Å². The van der Waals surface area contributed by atoms with Crippen molar-refractivity contribution in [2.24, 2.45) is 9.98 Å². The fraction of sp³-hybridized carbons (Fsp3) is 0.296. The summed E-state index contributed by atoms with van der Waals surface area (Å²) in [5, 5.41) is 0. The number of aryl methyl sites for hydroxylation is 2. The Morgan fingerprint density at radius 3 is 1.87 bits per heavy atom. The van der Waals surface area contributed by atoms with Gasteiger partial charge in [0.15, 0.2) is 0 Å². The second-order valence-electron chi connectivity index (χ2n) is 8.92. The van der Waals surface area contributed by atoms with E-state index in [0.717, 1.165) is 34.2 Å². The molecule has 1 heterocycles. The molecule has 162 valence electrons. The van der Waals surface area contributed by atoms with Crippen LogP contribution in [0.3, 0.4) is 0 Å². The molecule has 0 spiro atoms. The minimum absolute atomic E-state index is 0. The molecule has 0 atom stereocenters. The Kier molecular flexibility index (Phi) is 8.11. The fourth-order valence-electron chi connectivity index (χ4n) is 3.55. The van der Waals surface area contributed by atoms with Crippen molar-refractivity contribution in [2.45, 2.75) is 53.9 Å². The second-order valence-corrected chi connectivity index (χ2v) is 8.92. The Morgan fingerprint density at radius 2 is 1.29 bits per heavy atom. The zero-order valence-electron chi connectivity index (χ0n) is 19.5. The van der Waals surface area contributed by atoms with Gasteiger partial charge in [-0.25, -0.2) is 4.98 Å². The van der Waals surface area contributed by atoms with Gasteiger partial charge in [-0.1, -0.05) is 51.1 Å². The SMILES string of the molecule is CC(=Nc1cc(C)cc(C)c1)c1cccc(C(C)=Nc2ccccc2C(C)(C)C)n1.[Fe]. The van der Waals surface area contributed by atoms with Crippen LogP contribution in [0.25, 0.3) is 0 Å². The molecule has 0 N–H and O–H groups in total. The Bertz CT molecular complexity index is 1100. The Hall–Kier alpha value is -2.55. The van der Waals surface area contributed by atoms with Crippen LogP contribution in [-0.4, -0.2) is 16.4 Å². The summed E-state index contributed by atoms with van der Waals surface area (Å²) in [6, 6.07) is 20.7. The number of aliphatic imine (C=N–C) groups is 2. The maximum Gasteiger partial charge on any atom is 0.0849 e. The topological polar surface area (TPSA) is 37.6 Å². The van der Waals surface area contributed by atoms with Gasteiger partial charge < -0.3 is 0 Å². The van der Waals surface area contributed by atoms with Gasteiger partial charge in [0.1, 0.15) is 0 Å². The number of para-hydroxylation sites is 1. The molecule has 0 aliphatic rings. The summed E-state index contributed by atoms with van der Waals surface area (Å²) in [7, 11) is 0. The third kappa shape index (κ3) is 6.46. The molecular weight excluding hydrogens is 422 g/mol. The molecular formula is C27H31FeN3. The van der Waals surface area contributed by atoms with E-state index in [1.165, 1.54) is 16.7 Å². The number of pyridine rings is 1. The van der Waals surface area contributed by atoms with E-state index in [-0.39, 0.29) is 22.5 Å². The van der Waals surface area contributed by atoms with E-state index in [0.29, 0.717) is 0 Å². The molecule has 3 nitrogen and oxygen atoms in total. The van der Waals surface area contributed by atoms with Gasteiger partial charge in [-0.15, -0.1) is 0 Å². The molecule has 3 aromatic rings. The van der Waals surface area contributed by atoms with Gasteiger partial charge in [0.25, 0.3) is 0 Å². The number of rotatable bonds is 4. The molecule has 2 aromatic carbocycles. The summed E-state index contributed by atoms with van der Waals surface area (Å²) < 4.78 is 0. The average Bonchev–Trinajstić information content (AvgIpc) is 2.67. The molecule has 31 heavy (non-hydrogen) atoms. The van der Waals surface area contributed by atoms with Crippen molar-refractivity contribution in [3.8, 4) is 0 Å². The number of nitrogens with zero attached hydrogens (tertiary/aromatic N) is 3. The van der Waals surface area contributed by atoms with Crippen LogP contribution in [0.15, 0.2) is 70.6 Å². The fourth-order valence-corrected chi connectivity index (χ4v) is 3.55. The van der Waals surface area contributed by atoms with Crippen LogP contribution in [0.1, 0.15) is 62.7 Å². The minimum Gasteiger partial charge on any atom is -0.251 e. The summed E-state index contributed by atoms with van der Waals surface area (Å²) in [4.78, 5) is 14.6. The standard InChI is InChI=1S/C27H31N3.Fe/c1-18-15-19(2)17-22(16-18)28-20(3)24-13-10-14-25(30-24)21(4)29-26-12-9-8-11-23(26)27(5,6)7;/h8-17H,1-7H3;. The first-order valence-corrected chi connectivity index (χ1v) is 10.4. The molecule has 0 aliphatic heterocycles. The molecule has 0 fully saturated rings. The van der Waals surface area contributed by atoms with Crippen molar-refractivity contribution in [3.63, 3.8) is 0 Å². The van der Waals surface area contributed by atoms with Crippen molar-refractivity contribution in [1.29, 1.82) is 0 Å². The molecule has 0 saturated carbocycles. The molecule has 0 unspecified atom stereocenters. The number of hydrogen-bond donors (Lipinski definition) is 0. The van der Waals surface area contributed by atoms with E-state index in [1.807, 2.05) is 38.1 Å². The van der Waals surface area contributed by atoms with E-state index >= 15 is 0 Å². The zero-order chi connectivity index (χ0) is 21.9. The van der Waals surface area contributed by atoms with E-state index in [2.05, 4.69) is 71.0 Å². The molecule has 0 saturated heterocycles. The van der Waals surface area contributed by atoms with E-state index in [4.69, 9.17) is 15.0 Å². The van der Waals surface area contributed by atoms with Gasteiger partial charge >= 0.3 is 0 Å². The van der Waals surface area contributed by atoms with Gasteiger partial charge in [0.2, 0.25) is 0 Å². The van der Waals surface area contributed by atoms with Crippen LogP contribution < -0.4 is 0 Å². The number of benzene rings is 2. The van der Waals surface area contributed by atoms with Crippen molar-refractivity contribution >= 4 is 22.8 Å². The van der Waals surface area contributed by atoms with Gasteiger partial charge in [0.05, 0.1) is 34.2 Å². The van der Waals surface area contributed by atoms with Crippen LogP contribution in [0.2, 0.25) is 0 Å². The first kappa shape index (κ1) is 24.7. The number of hydrogen-bond acceptors (Lipinski definition) is 3. The van der Waals surface area contributed by atoms with E-state index < -0.39 is 0 Å². The van der Waals surface area contributed by atoms with Crippen molar-refractivity contribution in [3.05, 3.63) is 88.7 Å². The summed E-state index contributed by atoms with van der Waals surface area (Å²) >= 11 is 0. The zero-order valence-corrected chi connectivity index (χ0v) is 20.6. The first-order chi connectivity index (χ1) is 14.1. The Morgan fingerprint density at radius 1 is 0.742 bits per heavy atom. The maximum absolute atomic E-state index is 4.92. The maximum atomic E-state index is 4.92. The molecule has 0 aliphatic carbocycles. The van der Waals surface area contributed by atoms with Gasteiger partial charge in [0, 0.05) is 17.1 Å². The van der Waals surface area contributed by atoms with Crippen molar-refractivity contribution < 1.29 is 17.1 Å². The first-order valence-electron chi connectivity index (χ1n) is 10.4. The third-order valence-corrected chi connectivity index (χ3v) is 4.99. The second kappa shape index (κ2) is 10.2. The summed E-state index contributed by atoms with van der Waals surface area (Å²) in [5.74, 6) is 0. The van der Waals surface area contributed by atoms with E-state index in [9.17, 15) is 0 Å². The monoisotopic (exact) mass is 453 g/mol. The third-order valence-electron chi connectivity index (χ3n) is 4.99. The average molecular weight is 453 g/mol. The van der Waals surface area contributed by atoms with Crippen LogP contribution in [-0.2, 0) is 22.5 Å². The van der Waals surface area contributed by atoms with Crippen molar-refractivity contribution in [1.82, 2.24) is 4.98 Å². The molecule has 0 bridgehead atoms. The summed E-state index contributed by atoms with van der Waals surface area (Å²) in [6.07, 6.45) is 0. The predicted octanol–water partition coefficient (Wildman–Crippen LogP) is 7.27. The number of aromatic nitrogens is 1.